The highest BCUT2D eigenvalue weighted by Crippen LogP contribution is 2.35. The second kappa shape index (κ2) is 6.38. The molecule has 25 heavy (non-hydrogen) atoms. The molecular formula is C19H13FN2OS2. The Kier molecular flexibility index (Phi) is 4.07. The molecule has 4 rings (SSSR count). The first kappa shape index (κ1) is 15.9. The van der Waals surface area contributed by atoms with Crippen molar-refractivity contribution in [3.63, 3.8) is 0 Å². The number of fused-ring (bicyclic) bond motifs is 1. The quantitative estimate of drug-likeness (QED) is 0.626. The first-order valence-corrected chi connectivity index (χ1v) is 8.86. The standard InChI is InChI=1S/C19H13FN2OS2/c20-14-7-5-12(6-8-14)11-22-18(23)17(25-19(22)24)9-13-10-21-16-4-2-1-3-15(13)16/h1-10,23H,11H2/b13-9+. The predicted octanol–water partition coefficient (Wildman–Crippen LogP) is 5.43. The van der Waals surface area contributed by atoms with Gasteiger partial charge in [0.1, 0.15) is 5.82 Å². The number of aromatic hydroxyl groups is 1. The molecular weight excluding hydrogens is 355 g/mol. The van der Waals surface area contributed by atoms with Gasteiger partial charge in [-0.05, 0) is 42.1 Å². The molecule has 124 valence electrons. The van der Waals surface area contributed by atoms with Crippen LogP contribution in [0.4, 0.5) is 10.1 Å². The molecule has 0 amide bonds. The van der Waals surface area contributed by atoms with Crippen LogP contribution in [0.15, 0.2) is 53.5 Å². The molecule has 0 saturated carbocycles. The van der Waals surface area contributed by atoms with Crippen molar-refractivity contribution in [2.45, 2.75) is 6.54 Å². The summed E-state index contributed by atoms with van der Waals surface area (Å²) in [5.74, 6) is -0.170. The fraction of sp³-hybridized carbons (Fsp3) is 0.0526. The molecule has 0 saturated heterocycles. The van der Waals surface area contributed by atoms with Crippen molar-refractivity contribution in [1.29, 1.82) is 0 Å². The van der Waals surface area contributed by atoms with E-state index in [1.807, 2.05) is 30.3 Å². The summed E-state index contributed by atoms with van der Waals surface area (Å²) in [5, 5.41) is 10.6. The first-order valence-electron chi connectivity index (χ1n) is 7.64. The van der Waals surface area contributed by atoms with E-state index in [2.05, 4.69) is 4.99 Å². The lowest BCUT2D eigenvalue weighted by Gasteiger charge is -2.05. The minimum Gasteiger partial charge on any atom is -0.493 e. The molecule has 1 aliphatic heterocycles. The van der Waals surface area contributed by atoms with Crippen molar-refractivity contribution in [3.8, 4) is 5.88 Å². The molecule has 0 aliphatic carbocycles. The lowest BCUT2D eigenvalue weighted by molar-refractivity contribution is 0.422. The number of aliphatic imine (C=N–C) groups is 1. The SMILES string of the molecule is Oc1c(/C=C2\C=Nc3ccccc32)sc(=S)n1Cc1ccc(F)cc1. The van der Waals surface area contributed by atoms with Crippen molar-refractivity contribution in [3.05, 3.63) is 74.3 Å². The number of thiazole rings is 1. The maximum absolute atomic E-state index is 13.0. The number of halogens is 1. The Morgan fingerprint density at radius 3 is 2.72 bits per heavy atom. The highest BCUT2D eigenvalue weighted by Gasteiger charge is 2.15. The van der Waals surface area contributed by atoms with E-state index in [9.17, 15) is 9.50 Å². The second-order valence-corrected chi connectivity index (χ2v) is 7.32. The van der Waals surface area contributed by atoms with Gasteiger partial charge in [-0.2, -0.15) is 0 Å². The van der Waals surface area contributed by atoms with Crippen molar-refractivity contribution in [1.82, 2.24) is 4.57 Å². The van der Waals surface area contributed by atoms with Gasteiger partial charge in [0, 0.05) is 17.4 Å². The second-order valence-electron chi connectivity index (χ2n) is 5.64. The summed E-state index contributed by atoms with van der Waals surface area (Å²) in [7, 11) is 0. The molecule has 0 spiro atoms. The molecule has 0 fully saturated rings. The maximum Gasteiger partial charge on any atom is 0.210 e. The van der Waals surface area contributed by atoms with Crippen molar-refractivity contribution >= 4 is 47.1 Å². The lowest BCUT2D eigenvalue weighted by Crippen LogP contribution is -1.98. The Balaban J connectivity index is 1.69. The van der Waals surface area contributed by atoms with Crippen molar-refractivity contribution in [2.75, 3.05) is 0 Å². The van der Waals surface area contributed by atoms with E-state index in [1.54, 1.807) is 22.9 Å². The molecule has 2 heterocycles. The number of allylic oxidation sites excluding steroid dienone is 1. The van der Waals surface area contributed by atoms with Crippen LogP contribution in [0.5, 0.6) is 5.88 Å². The molecule has 2 aromatic carbocycles. The zero-order valence-electron chi connectivity index (χ0n) is 13.0. The smallest absolute Gasteiger partial charge is 0.210 e. The van der Waals surface area contributed by atoms with Crippen LogP contribution in [0.3, 0.4) is 0 Å². The number of benzene rings is 2. The molecule has 1 aromatic heterocycles. The minimum atomic E-state index is -0.286. The molecule has 0 atom stereocenters. The van der Waals surface area contributed by atoms with E-state index in [4.69, 9.17) is 12.2 Å². The zero-order chi connectivity index (χ0) is 17.4. The third kappa shape index (κ3) is 3.06. The van der Waals surface area contributed by atoms with Gasteiger partial charge in [0.25, 0.3) is 0 Å². The number of aromatic nitrogens is 1. The molecule has 6 heteroatoms. The largest absolute Gasteiger partial charge is 0.493 e. The van der Waals surface area contributed by atoms with Gasteiger partial charge in [0.05, 0.1) is 17.1 Å². The minimum absolute atomic E-state index is 0.115. The Morgan fingerprint density at radius 2 is 1.92 bits per heavy atom. The van der Waals surface area contributed by atoms with E-state index in [0.29, 0.717) is 15.4 Å². The summed E-state index contributed by atoms with van der Waals surface area (Å²) >= 11 is 6.73. The van der Waals surface area contributed by atoms with Crippen LogP contribution in [0, 0.1) is 9.77 Å². The van der Waals surface area contributed by atoms with E-state index in [-0.39, 0.29) is 11.7 Å². The third-order valence-electron chi connectivity index (χ3n) is 3.99. The monoisotopic (exact) mass is 368 g/mol. The summed E-state index contributed by atoms with van der Waals surface area (Å²) in [6.45, 7) is 0.398. The van der Waals surface area contributed by atoms with E-state index in [0.717, 1.165) is 22.4 Å². The number of hydrogen-bond donors (Lipinski definition) is 1. The van der Waals surface area contributed by atoms with Crippen molar-refractivity contribution in [2.24, 2.45) is 4.99 Å². The molecule has 0 radical (unpaired) electrons. The Bertz CT molecular complexity index is 1060. The molecule has 0 unspecified atom stereocenters. The average Bonchev–Trinajstić information content (AvgIpc) is 3.14. The Morgan fingerprint density at radius 1 is 1.16 bits per heavy atom. The fourth-order valence-corrected chi connectivity index (χ4v) is 3.97. The maximum atomic E-state index is 13.0. The molecule has 3 nitrogen and oxygen atoms in total. The normalized spacial score (nSPS) is 14.2. The van der Waals surface area contributed by atoms with Gasteiger partial charge >= 0.3 is 0 Å². The summed E-state index contributed by atoms with van der Waals surface area (Å²) in [4.78, 5) is 5.06. The first-order chi connectivity index (χ1) is 12.1. The summed E-state index contributed by atoms with van der Waals surface area (Å²) in [6.07, 6.45) is 3.68. The van der Waals surface area contributed by atoms with E-state index < -0.39 is 0 Å². The van der Waals surface area contributed by atoms with Gasteiger partial charge in [-0.3, -0.25) is 9.56 Å². The van der Waals surface area contributed by atoms with Gasteiger partial charge in [-0.1, -0.05) is 30.3 Å². The average molecular weight is 368 g/mol. The zero-order valence-corrected chi connectivity index (χ0v) is 14.6. The van der Waals surface area contributed by atoms with Crippen LogP contribution in [-0.4, -0.2) is 15.9 Å². The molecule has 1 N–H and O–H groups in total. The van der Waals surface area contributed by atoms with Crippen LogP contribution >= 0.6 is 23.6 Å². The van der Waals surface area contributed by atoms with Gasteiger partial charge in [0.2, 0.25) is 5.88 Å². The summed E-state index contributed by atoms with van der Waals surface area (Å²) in [5.41, 5.74) is 3.77. The van der Waals surface area contributed by atoms with Crippen LogP contribution in [-0.2, 0) is 6.54 Å². The number of hydrogen-bond acceptors (Lipinski definition) is 4. The topological polar surface area (TPSA) is 37.5 Å². The summed E-state index contributed by atoms with van der Waals surface area (Å²) in [6, 6.07) is 14.0. The van der Waals surface area contributed by atoms with Gasteiger partial charge < -0.3 is 5.11 Å². The van der Waals surface area contributed by atoms with Gasteiger partial charge in [-0.25, -0.2) is 4.39 Å². The number of nitrogens with zero attached hydrogens (tertiary/aromatic N) is 2. The lowest BCUT2D eigenvalue weighted by atomic mass is 10.1. The van der Waals surface area contributed by atoms with Gasteiger partial charge in [-0.15, -0.1) is 11.3 Å². The highest BCUT2D eigenvalue weighted by molar-refractivity contribution is 7.73. The van der Waals surface area contributed by atoms with Crippen LogP contribution in [0.1, 0.15) is 16.0 Å². The van der Waals surface area contributed by atoms with E-state index >= 15 is 0 Å². The Labute approximate surface area is 153 Å². The Hall–Kier alpha value is -2.57. The molecule has 1 aliphatic rings. The van der Waals surface area contributed by atoms with Crippen LogP contribution in [0.2, 0.25) is 0 Å². The summed E-state index contributed by atoms with van der Waals surface area (Å²) < 4.78 is 15.3. The van der Waals surface area contributed by atoms with Crippen molar-refractivity contribution < 1.29 is 9.50 Å². The van der Waals surface area contributed by atoms with Crippen LogP contribution < -0.4 is 0 Å². The molecule has 0 bridgehead atoms. The van der Waals surface area contributed by atoms with Crippen LogP contribution in [0.25, 0.3) is 11.6 Å². The fourth-order valence-electron chi connectivity index (χ4n) is 2.72. The number of para-hydroxylation sites is 1. The van der Waals surface area contributed by atoms with E-state index in [1.165, 1.54) is 23.5 Å². The molecule has 3 aromatic rings. The highest BCUT2D eigenvalue weighted by atomic mass is 32.1. The van der Waals surface area contributed by atoms with Gasteiger partial charge in [0.15, 0.2) is 3.95 Å². The third-order valence-corrected chi connectivity index (χ3v) is 5.38. The predicted molar refractivity (Wildman–Crippen MR) is 103 cm³/mol. The number of rotatable bonds is 3.